The molecule has 0 aliphatic rings. The number of anilines is 1. The molecule has 0 aliphatic carbocycles. The van der Waals surface area contributed by atoms with E-state index in [1.54, 1.807) is 13.8 Å². The normalized spacial score (nSPS) is 12.3. The summed E-state index contributed by atoms with van der Waals surface area (Å²) in [5, 5.41) is 12.0. The molecule has 0 aromatic carbocycles. The molecule has 1 unspecified atom stereocenters. The van der Waals surface area contributed by atoms with Crippen molar-refractivity contribution >= 4 is 23.7 Å². The molecule has 1 aromatic rings. The number of halogens is 1. The minimum atomic E-state index is -0.529. The first-order valence-electron chi connectivity index (χ1n) is 4.46. The van der Waals surface area contributed by atoms with Gasteiger partial charge in [-0.3, -0.25) is 4.79 Å². The Labute approximate surface area is 92.5 Å². The number of aldehydes is 1. The zero-order valence-electron chi connectivity index (χ0n) is 8.49. The van der Waals surface area contributed by atoms with Gasteiger partial charge >= 0.3 is 0 Å². The molecule has 1 aromatic heterocycles. The lowest BCUT2D eigenvalue weighted by Crippen LogP contribution is -2.17. The van der Waals surface area contributed by atoms with Gasteiger partial charge < -0.3 is 10.4 Å². The van der Waals surface area contributed by atoms with E-state index in [0.29, 0.717) is 24.5 Å². The van der Waals surface area contributed by atoms with E-state index in [1.165, 1.54) is 0 Å². The van der Waals surface area contributed by atoms with Crippen molar-refractivity contribution in [3.8, 4) is 0 Å². The highest BCUT2D eigenvalue weighted by molar-refractivity contribution is 6.32. The van der Waals surface area contributed by atoms with Crippen molar-refractivity contribution in [3.63, 3.8) is 0 Å². The third kappa shape index (κ3) is 3.14. The Morgan fingerprint density at radius 2 is 2.27 bits per heavy atom. The highest BCUT2D eigenvalue weighted by Crippen LogP contribution is 2.18. The van der Waals surface area contributed by atoms with E-state index in [0.717, 1.165) is 0 Å². The van der Waals surface area contributed by atoms with Crippen LogP contribution in [0.4, 0.5) is 5.82 Å². The number of aryl methyl sites for hydroxylation is 1. The summed E-state index contributed by atoms with van der Waals surface area (Å²) in [6.07, 6.45) is 0.0603. The molecular formula is C9H12ClN3O2. The van der Waals surface area contributed by atoms with Crippen LogP contribution in [0.1, 0.15) is 23.1 Å². The highest BCUT2D eigenvalue weighted by atomic mass is 35.5. The van der Waals surface area contributed by atoms with E-state index in [-0.39, 0.29) is 10.7 Å². The Kier molecular flexibility index (Phi) is 3.99. The minimum absolute atomic E-state index is 0.116. The zero-order chi connectivity index (χ0) is 11.4. The number of carbonyl (C=O) groups is 1. The summed E-state index contributed by atoms with van der Waals surface area (Å²) >= 11 is 5.77. The first-order chi connectivity index (χ1) is 7.04. The number of aliphatic hydroxyl groups excluding tert-OH is 1. The Morgan fingerprint density at radius 1 is 1.60 bits per heavy atom. The van der Waals surface area contributed by atoms with Gasteiger partial charge in [0.1, 0.15) is 16.8 Å². The van der Waals surface area contributed by atoms with E-state index in [9.17, 15) is 4.79 Å². The Balaban J connectivity index is 2.98. The van der Waals surface area contributed by atoms with Gasteiger partial charge in [0.05, 0.1) is 11.7 Å². The summed E-state index contributed by atoms with van der Waals surface area (Å²) in [4.78, 5) is 18.6. The van der Waals surface area contributed by atoms with Gasteiger partial charge in [-0.25, -0.2) is 9.97 Å². The molecule has 0 bridgehead atoms. The monoisotopic (exact) mass is 229 g/mol. The first-order valence-corrected chi connectivity index (χ1v) is 4.83. The van der Waals surface area contributed by atoms with Crippen molar-refractivity contribution in [3.05, 3.63) is 16.5 Å². The second kappa shape index (κ2) is 5.04. The lowest BCUT2D eigenvalue weighted by molar-refractivity contribution is 0.112. The number of carbonyl (C=O) groups excluding carboxylic acids is 1. The molecule has 0 fully saturated rings. The van der Waals surface area contributed by atoms with Crippen LogP contribution in [0.2, 0.25) is 5.15 Å². The van der Waals surface area contributed by atoms with Crippen LogP contribution in [0, 0.1) is 6.92 Å². The summed E-state index contributed by atoms with van der Waals surface area (Å²) in [5.41, 5.74) is 0.211. The van der Waals surface area contributed by atoms with E-state index in [1.807, 2.05) is 0 Å². The Hall–Kier alpha value is -1.20. The minimum Gasteiger partial charge on any atom is -0.392 e. The maximum absolute atomic E-state index is 10.7. The van der Waals surface area contributed by atoms with E-state index in [4.69, 9.17) is 16.7 Å². The standard InChI is InChI=1S/C9H12ClN3O2/c1-5(15)3-11-9-7(4-14)8(10)12-6(2)13-9/h4-5,15H,3H2,1-2H3,(H,11,12,13). The molecule has 0 amide bonds. The van der Waals surface area contributed by atoms with Crippen LogP contribution < -0.4 is 5.32 Å². The molecule has 0 spiro atoms. The van der Waals surface area contributed by atoms with Gasteiger partial charge in [0.2, 0.25) is 0 Å². The van der Waals surface area contributed by atoms with Gasteiger partial charge in [-0.2, -0.15) is 0 Å². The molecule has 1 heterocycles. The number of rotatable bonds is 4. The number of aromatic nitrogens is 2. The molecule has 5 nitrogen and oxygen atoms in total. The van der Waals surface area contributed by atoms with Gasteiger partial charge in [-0.1, -0.05) is 11.6 Å². The smallest absolute Gasteiger partial charge is 0.156 e. The third-order valence-electron chi connectivity index (χ3n) is 1.69. The van der Waals surface area contributed by atoms with Crippen molar-refractivity contribution < 1.29 is 9.90 Å². The average molecular weight is 230 g/mol. The van der Waals surface area contributed by atoms with Gasteiger partial charge in [-0.15, -0.1) is 0 Å². The van der Waals surface area contributed by atoms with Crippen molar-refractivity contribution in [2.24, 2.45) is 0 Å². The summed E-state index contributed by atoms with van der Waals surface area (Å²) in [6, 6.07) is 0. The van der Waals surface area contributed by atoms with Crippen molar-refractivity contribution in [2.75, 3.05) is 11.9 Å². The van der Waals surface area contributed by atoms with E-state index in [2.05, 4.69) is 15.3 Å². The topological polar surface area (TPSA) is 75.1 Å². The Morgan fingerprint density at radius 3 is 2.80 bits per heavy atom. The van der Waals surface area contributed by atoms with E-state index < -0.39 is 6.10 Å². The summed E-state index contributed by atoms with van der Waals surface area (Å²) in [5.74, 6) is 0.821. The van der Waals surface area contributed by atoms with E-state index >= 15 is 0 Å². The molecule has 6 heteroatoms. The van der Waals surface area contributed by atoms with Crippen molar-refractivity contribution in [1.82, 2.24) is 9.97 Å². The summed E-state index contributed by atoms with van der Waals surface area (Å²) < 4.78 is 0. The fraction of sp³-hybridized carbons (Fsp3) is 0.444. The summed E-state index contributed by atoms with van der Waals surface area (Å²) in [7, 11) is 0. The van der Waals surface area contributed by atoms with Crippen molar-refractivity contribution in [1.29, 1.82) is 0 Å². The maximum atomic E-state index is 10.7. The second-order valence-corrected chi connectivity index (χ2v) is 3.53. The van der Waals surface area contributed by atoms with Crippen LogP contribution in [0.15, 0.2) is 0 Å². The van der Waals surface area contributed by atoms with Gasteiger partial charge in [-0.05, 0) is 13.8 Å². The number of nitrogens with zero attached hydrogens (tertiary/aromatic N) is 2. The molecule has 82 valence electrons. The number of aliphatic hydroxyl groups is 1. The molecule has 0 aliphatic heterocycles. The molecule has 0 saturated carbocycles. The maximum Gasteiger partial charge on any atom is 0.156 e. The molecular weight excluding hydrogens is 218 g/mol. The molecule has 1 atom stereocenters. The molecule has 0 radical (unpaired) electrons. The quantitative estimate of drug-likeness (QED) is 0.596. The fourth-order valence-corrected chi connectivity index (χ4v) is 1.29. The third-order valence-corrected chi connectivity index (χ3v) is 1.98. The van der Waals surface area contributed by atoms with Crippen LogP contribution in [-0.4, -0.2) is 34.0 Å². The highest BCUT2D eigenvalue weighted by Gasteiger charge is 2.10. The second-order valence-electron chi connectivity index (χ2n) is 3.17. The van der Waals surface area contributed by atoms with Gasteiger partial charge in [0, 0.05) is 6.54 Å². The zero-order valence-corrected chi connectivity index (χ0v) is 9.25. The largest absolute Gasteiger partial charge is 0.392 e. The van der Waals surface area contributed by atoms with Gasteiger partial charge in [0.15, 0.2) is 6.29 Å². The SMILES string of the molecule is Cc1nc(Cl)c(C=O)c(NCC(C)O)n1. The molecule has 1 rings (SSSR count). The molecule has 15 heavy (non-hydrogen) atoms. The summed E-state index contributed by atoms with van der Waals surface area (Å²) in [6.45, 7) is 3.60. The lowest BCUT2D eigenvalue weighted by Gasteiger charge is -2.10. The van der Waals surface area contributed by atoms with Gasteiger partial charge in [0.25, 0.3) is 0 Å². The lowest BCUT2D eigenvalue weighted by atomic mass is 10.3. The van der Waals surface area contributed by atoms with Crippen LogP contribution in [-0.2, 0) is 0 Å². The van der Waals surface area contributed by atoms with Crippen LogP contribution in [0.25, 0.3) is 0 Å². The number of hydrogen-bond donors (Lipinski definition) is 2. The molecule has 0 saturated heterocycles. The van der Waals surface area contributed by atoms with Crippen LogP contribution in [0.5, 0.6) is 0 Å². The number of hydrogen-bond acceptors (Lipinski definition) is 5. The van der Waals surface area contributed by atoms with Crippen LogP contribution >= 0.6 is 11.6 Å². The van der Waals surface area contributed by atoms with Crippen molar-refractivity contribution in [2.45, 2.75) is 20.0 Å². The fourth-order valence-electron chi connectivity index (χ4n) is 1.03. The Bertz CT molecular complexity index is 369. The molecule has 2 N–H and O–H groups in total. The predicted molar refractivity (Wildman–Crippen MR) is 57.3 cm³/mol. The van der Waals surface area contributed by atoms with Crippen LogP contribution in [0.3, 0.4) is 0 Å². The predicted octanol–water partition coefficient (Wildman–Crippen LogP) is 1.04. The number of nitrogens with one attached hydrogen (secondary N) is 1. The average Bonchev–Trinajstić information content (AvgIpc) is 2.13. The first kappa shape index (κ1) is 11.9.